The first-order valence-electron chi connectivity index (χ1n) is 8.43. The molecule has 0 aliphatic rings. The summed E-state index contributed by atoms with van der Waals surface area (Å²) in [5.74, 6) is 0.816. The van der Waals surface area contributed by atoms with E-state index < -0.39 is 0 Å². The Kier molecular flexibility index (Phi) is 3.86. The van der Waals surface area contributed by atoms with Crippen molar-refractivity contribution in [2.45, 2.75) is 26.3 Å². The summed E-state index contributed by atoms with van der Waals surface area (Å²) in [6.45, 7) is 4.05. The van der Waals surface area contributed by atoms with Gasteiger partial charge in [-0.05, 0) is 43.5 Å². The van der Waals surface area contributed by atoms with E-state index in [4.69, 9.17) is 5.73 Å². The fraction of sp³-hybridized carbons (Fsp3) is 0.200. The Morgan fingerprint density at radius 2 is 1.88 bits per heavy atom. The number of hydrogen-bond acceptors (Lipinski definition) is 3. The molecule has 4 N–H and O–H groups in total. The molecule has 126 valence electrons. The molecule has 4 aromatic rings. The van der Waals surface area contributed by atoms with Crippen LogP contribution in [0.5, 0.6) is 0 Å². The van der Waals surface area contributed by atoms with Crippen LogP contribution in [-0.2, 0) is 6.42 Å². The normalized spacial score (nSPS) is 12.6. The highest BCUT2D eigenvalue weighted by Gasteiger charge is 2.14. The first-order chi connectivity index (χ1) is 12.1. The summed E-state index contributed by atoms with van der Waals surface area (Å²) >= 11 is 0. The van der Waals surface area contributed by atoms with Crippen LogP contribution in [0.4, 0.5) is 0 Å². The molecule has 0 spiro atoms. The third-order valence-electron chi connectivity index (χ3n) is 4.57. The van der Waals surface area contributed by atoms with Crippen molar-refractivity contribution < 1.29 is 0 Å². The van der Waals surface area contributed by atoms with E-state index in [0.717, 1.165) is 45.8 Å². The van der Waals surface area contributed by atoms with Crippen molar-refractivity contribution in [3.63, 3.8) is 0 Å². The van der Waals surface area contributed by atoms with E-state index in [-0.39, 0.29) is 6.04 Å². The molecule has 0 bridgehead atoms. The number of fused-ring (bicyclic) bond motifs is 1. The zero-order chi connectivity index (χ0) is 17.4. The Labute approximate surface area is 146 Å². The Bertz CT molecular complexity index is 994. The molecule has 0 aliphatic carbocycles. The molecule has 0 saturated heterocycles. The Morgan fingerprint density at radius 1 is 1.08 bits per heavy atom. The highest BCUT2D eigenvalue weighted by Crippen LogP contribution is 2.28. The molecule has 5 nitrogen and oxygen atoms in total. The van der Waals surface area contributed by atoms with Crippen LogP contribution in [0.25, 0.3) is 22.2 Å². The molecular weight excluding hydrogens is 310 g/mol. The van der Waals surface area contributed by atoms with E-state index in [1.807, 2.05) is 38.1 Å². The molecule has 25 heavy (non-hydrogen) atoms. The highest BCUT2D eigenvalue weighted by atomic mass is 15.1. The molecule has 0 radical (unpaired) electrons. The topological polar surface area (TPSA) is 83.4 Å². The van der Waals surface area contributed by atoms with Gasteiger partial charge in [-0.15, -0.1) is 0 Å². The number of nitrogens with zero attached hydrogens (tertiary/aromatic N) is 2. The number of nitrogens with two attached hydrogens (primary N) is 1. The number of nitrogens with one attached hydrogen (secondary N) is 2. The van der Waals surface area contributed by atoms with Gasteiger partial charge in [0, 0.05) is 11.3 Å². The van der Waals surface area contributed by atoms with Gasteiger partial charge in [-0.1, -0.05) is 36.4 Å². The van der Waals surface area contributed by atoms with Crippen LogP contribution in [-0.4, -0.2) is 20.2 Å². The van der Waals surface area contributed by atoms with Gasteiger partial charge in [0.25, 0.3) is 0 Å². The van der Waals surface area contributed by atoms with E-state index in [1.165, 1.54) is 5.56 Å². The zero-order valence-corrected chi connectivity index (χ0v) is 14.4. The van der Waals surface area contributed by atoms with Gasteiger partial charge in [-0.2, -0.15) is 5.10 Å². The van der Waals surface area contributed by atoms with Crippen molar-refractivity contribution in [2.24, 2.45) is 5.73 Å². The van der Waals surface area contributed by atoms with Crippen LogP contribution in [0.1, 0.15) is 28.8 Å². The van der Waals surface area contributed by atoms with E-state index in [1.54, 1.807) is 0 Å². The van der Waals surface area contributed by atoms with Crippen molar-refractivity contribution in [3.8, 4) is 11.1 Å². The Hall–Kier alpha value is -2.92. The maximum absolute atomic E-state index is 6.36. The quantitative estimate of drug-likeness (QED) is 0.531. The summed E-state index contributed by atoms with van der Waals surface area (Å²) in [6, 6.07) is 16.3. The van der Waals surface area contributed by atoms with Gasteiger partial charge in [0.15, 0.2) is 0 Å². The highest BCUT2D eigenvalue weighted by molar-refractivity contribution is 5.83. The van der Waals surface area contributed by atoms with Gasteiger partial charge in [0.2, 0.25) is 0 Å². The molecule has 2 heterocycles. The molecular formula is C20H21N5. The molecule has 0 saturated carbocycles. The predicted octanol–water partition coefficient (Wildman–Crippen LogP) is 3.81. The molecule has 0 aliphatic heterocycles. The number of aryl methyl sites for hydroxylation is 2. The average Bonchev–Trinajstić information content (AvgIpc) is 3.18. The van der Waals surface area contributed by atoms with E-state index >= 15 is 0 Å². The predicted molar refractivity (Wildman–Crippen MR) is 100 cm³/mol. The summed E-state index contributed by atoms with van der Waals surface area (Å²) in [5.41, 5.74) is 13.8. The fourth-order valence-electron chi connectivity index (χ4n) is 3.30. The molecule has 1 atom stereocenters. The Morgan fingerprint density at radius 3 is 2.60 bits per heavy atom. The number of rotatable bonds is 4. The molecule has 2 aromatic carbocycles. The van der Waals surface area contributed by atoms with Crippen molar-refractivity contribution in [1.82, 2.24) is 20.2 Å². The minimum Gasteiger partial charge on any atom is -0.341 e. The third-order valence-corrected chi connectivity index (χ3v) is 4.57. The SMILES string of the molecule is Cc1n[nH]c(C)c1-c1ccc2nc(C(N)Cc3ccccc3)[nH]c2c1. The van der Waals surface area contributed by atoms with Gasteiger partial charge in [0.1, 0.15) is 5.82 Å². The summed E-state index contributed by atoms with van der Waals surface area (Å²) < 4.78 is 0. The lowest BCUT2D eigenvalue weighted by molar-refractivity contribution is 0.680. The largest absolute Gasteiger partial charge is 0.341 e. The number of aromatic nitrogens is 4. The first kappa shape index (κ1) is 15.6. The van der Waals surface area contributed by atoms with Crippen LogP contribution in [0.3, 0.4) is 0 Å². The lowest BCUT2D eigenvalue weighted by atomic mass is 10.0. The van der Waals surface area contributed by atoms with Crippen LogP contribution < -0.4 is 5.73 Å². The molecule has 1 unspecified atom stereocenters. The molecule has 4 rings (SSSR count). The van der Waals surface area contributed by atoms with Gasteiger partial charge < -0.3 is 10.7 Å². The van der Waals surface area contributed by atoms with Crippen LogP contribution >= 0.6 is 0 Å². The van der Waals surface area contributed by atoms with Crippen molar-refractivity contribution in [1.29, 1.82) is 0 Å². The maximum Gasteiger partial charge on any atom is 0.124 e. The van der Waals surface area contributed by atoms with E-state index in [2.05, 4.69) is 44.4 Å². The lowest BCUT2D eigenvalue weighted by Crippen LogP contribution is -2.14. The monoisotopic (exact) mass is 331 g/mol. The van der Waals surface area contributed by atoms with E-state index in [0.29, 0.717) is 0 Å². The summed E-state index contributed by atoms with van der Waals surface area (Å²) in [4.78, 5) is 8.06. The van der Waals surface area contributed by atoms with Crippen molar-refractivity contribution in [2.75, 3.05) is 0 Å². The second-order valence-electron chi connectivity index (χ2n) is 6.46. The van der Waals surface area contributed by atoms with Gasteiger partial charge in [-0.25, -0.2) is 4.98 Å². The second-order valence-corrected chi connectivity index (χ2v) is 6.46. The summed E-state index contributed by atoms with van der Waals surface area (Å²) in [6.07, 6.45) is 0.757. The minimum atomic E-state index is -0.157. The number of aromatic amines is 2. The van der Waals surface area contributed by atoms with Gasteiger partial charge in [0.05, 0.1) is 22.8 Å². The lowest BCUT2D eigenvalue weighted by Gasteiger charge is -2.08. The van der Waals surface area contributed by atoms with Gasteiger partial charge >= 0.3 is 0 Å². The molecule has 0 amide bonds. The van der Waals surface area contributed by atoms with Crippen molar-refractivity contribution >= 4 is 11.0 Å². The zero-order valence-electron chi connectivity index (χ0n) is 14.4. The number of benzene rings is 2. The number of hydrogen-bond donors (Lipinski definition) is 3. The Balaban J connectivity index is 1.66. The molecule has 0 fully saturated rings. The van der Waals surface area contributed by atoms with Gasteiger partial charge in [-0.3, -0.25) is 5.10 Å². The summed E-state index contributed by atoms with van der Waals surface area (Å²) in [7, 11) is 0. The smallest absolute Gasteiger partial charge is 0.124 e. The van der Waals surface area contributed by atoms with Crippen LogP contribution in [0, 0.1) is 13.8 Å². The third kappa shape index (κ3) is 2.94. The summed E-state index contributed by atoms with van der Waals surface area (Å²) in [5, 5.41) is 7.32. The molecule has 5 heteroatoms. The second kappa shape index (κ2) is 6.18. The maximum atomic E-state index is 6.36. The van der Waals surface area contributed by atoms with E-state index in [9.17, 15) is 0 Å². The standard InChI is InChI=1S/C20H21N5/c1-12-19(13(2)25-24-12)15-8-9-17-18(11-15)23-20(22-17)16(21)10-14-6-4-3-5-7-14/h3-9,11,16H,10,21H2,1-2H3,(H,22,23)(H,24,25). The van der Waals surface area contributed by atoms with Crippen molar-refractivity contribution in [3.05, 3.63) is 71.3 Å². The fourth-order valence-corrected chi connectivity index (χ4v) is 3.30. The minimum absolute atomic E-state index is 0.157. The number of H-pyrrole nitrogens is 2. The van der Waals surface area contributed by atoms with Crippen LogP contribution in [0.15, 0.2) is 48.5 Å². The van der Waals surface area contributed by atoms with Crippen LogP contribution in [0.2, 0.25) is 0 Å². The average molecular weight is 331 g/mol. The first-order valence-corrected chi connectivity index (χ1v) is 8.43. The number of imidazole rings is 1. The molecule has 2 aromatic heterocycles.